The lowest BCUT2D eigenvalue weighted by Crippen LogP contribution is -2.03. The Kier molecular flexibility index (Phi) is 4.69. The Bertz CT molecular complexity index is 324. The minimum absolute atomic E-state index is 0.710. The number of aldehydes is 1. The van der Waals surface area contributed by atoms with Gasteiger partial charge >= 0.3 is 0 Å². The van der Waals surface area contributed by atoms with Gasteiger partial charge in [0.05, 0.1) is 6.61 Å². The van der Waals surface area contributed by atoms with E-state index in [2.05, 4.69) is 6.26 Å². The van der Waals surface area contributed by atoms with Gasteiger partial charge in [-0.15, -0.1) is 0 Å². The van der Waals surface area contributed by atoms with Crippen LogP contribution in [0.25, 0.3) is 0 Å². The maximum atomic E-state index is 10.6. The Labute approximate surface area is 95.0 Å². The monoisotopic (exact) mass is 224 g/mol. The molecule has 0 spiro atoms. The summed E-state index contributed by atoms with van der Waals surface area (Å²) in [5, 5.41) is 0. The van der Waals surface area contributed by atoms with Gasteiger partial charge in [0.1, 0.15) is 12.0 Å². The molecule has 82 valence electrons. The molecule has 0 aliphatic carbocycles. The number of ether oxygens (including phenoxy) is 1. The molecule has 0 aliphatic heterocycles. The lowest BCUT2D eigenvalue weighted by Gasteiger charge is -2.12. The van der Waals surface area contributed by atoms with E-state index < -0.39 is 0 Å². The van der Waals surface area contributed by atoms with Gasteiger partial charge in [0.15, 0.2) is 0 Å². The number of rotatable bonds is 5. The van der Waals surface area contributed by atoms with Crippen molar-refractivity contribution < 1.29 is 9.53 Å². The van der Waals surface area contributed by atoms with Crippen LogP contribution in [0.1, 0.15) is 21.5 Å². The van der Waals surface area contributed by atoms with Crippen molar-refractivity contribution in [2.45, 2.75) is 13.8 Å². The largest absolute Gasteiger partial charge is 0.492 e. The quantitative estimate of drug-likeness (QED) is 0.568. The molecule has 0 N–H and O–H groups in total. The topological polar surface area (TPSA) is 26.3 Å². The van der Waals surface area contributed by atoms with E-state index in [1.165, 1.54) is 0 Å². The van der Waals surface area contributed by atoms with Crippen LogP contribution >= 0.6 is 11.8 Å². The summed E-state index contributed by atoms with van der Waals surface area (Å²) in [4.78, 5) is 10.6. The molecule has 0 aliphatic rings. The van der Waals surface area contributed by atoms with Gasteiger partial charge in [-0.05, 0) is 43.4 Å². The minimum Gasteiger partial charge on any atom is -0.492 e. The first kappa shape index (κ1) is 12.1. The highest BCUT2D eigenvalue weighted by molar-refractivity contribution is 7.98. The Morgan fingerprint density at radius 3 is 2.40 bits per heavy atom. The van der Waals surface area contributed by atoms with E-state index >= 15 is 0 Å². The van der Waals surface area contributed by atoms with Crippen molar-refractivity contribution >= 4 is 18.0 Å². The summed E-state index contributed by atoms with van der Waals surface area (Å²) >= 11 is 1.76. The van der Waals surface area contributed by atoms with Crippen LogP contribution in [-0.2, 0) is 0 Å². The molecular formula is C12H16O2S. The number of aryl methyl sites for hydroxylation is 2. The third-order valence-corrected chi connectivity index (χ3v) is 2.73. The molecule has 1 aromatic carbocycles. The summed E-state index contributed by atoms with van der Waals surface area (Å²) in [7, 11) is 0. The first-order chi connectivity index (χ1) is 7.19. The fourth-order valence-electron chi connectivity index (χ4n) is 1.51. The Morgan fingerprint density at radius 2 is 1.93 bits per heavy atom. The summed E-state index contributed by atoms with van der Waals surface area (Å²) in [6.07, 6.45) is 2.92. The smallest absolute Gasteiger partial charge is 0.150 e. The van der Waals surface area contributed by atoms with Crippen LogP contribution < -0.4 is 4.74 Å². The molecule has 0 saturated carbocycles. The number of benzene rings is 1. The second-order valence-corrected chi connectivity index (χ2v) is 4.43. The third kappa shape index (κ3) is 3.27. The lowest BCUT2D eigenvalue weighted by molar-refractivity contribution is 0.112. The van der Waals surface area contributed by atoms with E-state index in [1.807, 2.05) is 26.0 Å². The van der Waals surface area contributed by atoms with Crippen molar-refractivity contribution in [1.82, 2.24) is 0 Å². The minimum atomic E-state index is 0.710. The highest BCUT2D eigenvalue weighted by Gasteiger charge is 2.05. The Hall–Kier alpha value is -0.960. The molecule has 0 amide bonds. The van der Waals surface area contributed by atoms with Crippen LogP contribution in [0.3, 0.4) is 0 Å². The zero-order valence-corrected chi connectivity index (χ0v) is 10.2. The molecule has 0 atom stereocenters. The van der Waals surface area contributed by atoms with Crippen LogP contribution in [0, 0.1) is 13.8 Å². The van der Waals surface area contributed by atoms with Gasteiger partial charge in [0.25, 0.3) is 0 Å². The normalized spacial score (nSPS) is 10.1. The van der Waals surface area contributed by atoms with E-state index in [0.717, 1.165) is 28.9 Å². The SMILES string of the molecule is CSCCOc1c(C)cc(C=O)cc1C. The Balaban J connectivity index is 2.83. The maximum Gasteiger partial charge on any atom is 0.150 e. The van der Waals surface area contributed by atoms with Gasteiger partial charge in [-0.2, -0.15) is 11.8 Å². The van der Waals surface area contributed by atoms with E-state index in [4.69, 9.17) is 4.74 Å². The van der Waals surface area contributed by atoms with Gasteiger partial charge in [-0.25, -0.2) is 0 Å². The van der Waals surface area contributed by atoms with Crippen LogP contribution in [0.4, 0.5) is 0 Å². The fourth-order valence-corrected chi connectivity index (χ4v) is 1.76. The predicted molar refractivity (Wildman–Crippen MR) is 65.2 cm³/mol. The molecule has 0 unspecified atom stereocenters. The molecule has 0 aromatic heterocycles. The summed E-state index contributed by atoms with van der Waals surface area (Å²) in [6, 6.07) is 3.71. The summed E-state index contributed by atoms with van der Waals surface area (Å²) in [5.74, 6) is 1.89. The molecule has 0 fully saturated rings. The molecule has 0 heterocycles. The van der Waals surface area contributed by atoms with Crippen molar-refractivity contribution in [3.8, 4) is 5.75 Å². The molecule has 0 bridgehead atoms. The highest BCUT2D eigenvalue weighted by Crippen LogP contribution is 2.24. The number of carbonyl (C=O) groups is 1. The van der Waals surface area contributed by atoms with Crippen LogP contribution in [0.5, 0.6) is 5.75 Å². The van der Waals surface area contributed by atoms with Crippen molar-refractivity contribution in [1.29, 1.82) is 0 Å². The van der Waals surface area contributed by atoms with Gasteiger partial charge in [-0.1, -0.05) is 0 Å². The van der Waals surface area contributed by atoms with Crippen molar-refractivity contribution in [2.24, 2.45) is 0 Å². The molecule has 1 rings (SSSR count). The second kappa shape index (κ2) is 5.81. The zero-order valence-electron chi connectivity index (χ0n) is 9.37. The van der Waals surface area contributed by atoms with E-state index in [1.54, 1.807) is 11.8 Å². The molecule has 0 saturated heterocycles. The summed E-state index contributed by atoms with van der Waals surface area (Å²) in [5.41, 5.74) is 2.76. The number of hydrogen-bond acceptors (Lipinski definition) is 3. The molecule has 2 nitrogen and oxygen atoms in total. The zero-order chi connectivity index (χ0) is 11.3. The number of thioether (sulfide) groups is 1. The Morgan fingerprint density at radius 1 is 1.33 bits per heavy atom. The van der Waals surface area contributed by atoms with Crippen molar-refractivity contribution in [2.75, 3.05) is 18.6 Å². The third-order valence-electron chi connectivity index (χ3n) is 2.15. The first-order valence-electron chi connectivity index (χ1n) is 4.87. The van der Waals surface area contributed by atoms with Gasteiger partial charge in [-0.3, -0.25) is 4.79 Å². The van der Waals surface area contributed by atoms with Crippen LogP contribution in [0.15, 0.2) is 12.1 Å². The average molecular weight is 224 g/mol. The standard InChI is InChI=1S/C12H16O2S/c1-9-6-11(8-13)7-10(2)12(9)14-4-5-15-3/h6-8H,4-5H2,1-3H3. The molecular weight excluding hydrogens is 208 g/mol. The van der Waals surface area contributed by atoms with E-state index in [9.17, 15) is 4.79 Å². The van der Waals surface area contributed by atoms with Gasteiger partial charge in [0, 0.05) is 11.3 Å². The lowest BCUT2D eigenvalue weighted by atomic mass is 10.1. The van der Waals surface area contributed by atoms with Crippen LogP contribution in [-0.4, -0.2) is 24.9 Å². The number of hydrogen-bond donors (Lipinski definition) is 0. The van der Waals surface area contributed by atoms with Crippen LogP contribution in [0.2, 0.25) is 0 Å². The fraction of sp³-hybridized carbons (Fsp3) is 0.417. The summed E-state index contributed by atoms with van der Waals surface area (Å²) < 4.78 is 5.67. The van der Waals surface area contributed by atoms with Crippen molar-refractivity contribution in [3.05, 3.63) is 28.8 Å². The predicted octanol–water partition coefficient (Wildman–Crippen LogP) is 2.86. The van der Waals surface area contributed by atoms with E-state index in [0.29, 0.717) is 12.2 Å². The average Bonchev–Trinajstić information content (AvgIpc) is 2.22. The molecule has 15 heavy (non-hydrogen) atoms. The second-order valence-electron chi connectivity index (χ2n) is 3.44. The maximum absolute atomic E-state index is 10.6. The highest BCUT2D eigenvalue weighted by atomic mass is 32.2. The molecule has 1 aromatic rings. The number of carbonyl (C=O) groups excluding carboxylic acids is 1. The van der Waals surface area contributed by atoms with Gasteiger partial charge in [0.2, 0.25) is 0 Å². The van der Waals surface area contributed by atoms with E-state index in [-0.39, 0.29) is 0 Å². The summed E-state index contributed by atoms with van der Waals surface area (Å²) in [6.45, 7) is 4.64. The molecule has 0 radical (unpaired) electrons. The van der Waals surface area contributed by atoms with Crippen molar-refractivity contribution in [3.63, 3.8) is 0 Å². The molecule has 3 heteroatoms. The van der Waals surface area contributed by atoms with Gasteiger partial charge < -0.3 is 4.74 Å². The first-order valence-corrected chi connectivity index (χ1v) is 6.26.